The van der Waals surface area contributed by atoms with Gasteiger partial charge in [0.1, 0.15) is 11.6 Å². The molecule has 1 aromatic heterocycles. The largest absolute Gasteiger partial charge is 0.435 e. The minimum atomic E-state index is -2.90. The second-order valence-corrected chi connectivity index (χ2v) is 7.72. The number of fused-ring (bicyclic) bond motifs is 1. The van der Waals surface area contributed by atoms with Crippen molar-refractivity contribution in [1.29, 1.82) is 0 Å². The maximum Gasteiger partial charge on any atom is 0.387 e. The van der Waals surface area contributed by atoms with Gasteiger partial charge in [-0.3, -0.25) is 14.2 Å². The number of rotatable bonds is 6. The third-order valence-electron chi connectivity index (χ3n) is 4.83. The van der Waals surface area contributed by atoms with E-state index in [-0.39, 0.29) is 17.2 Å². The zero-order valence-electron chi connectivity index (χ0n) is 17.8. The number of alkyl halides is 2. The lowest BCUT2D eigenvalue weighted by atomic mass is 10.2. The molecule has 0 fully saturated rings. The molecule has 9 heteroatoms. The number of nitrogens with zero attached hydrogens (tertiary/aromatic N) is 2. The maximum atomic E-state index is 13.4. The number of nitrogens with one attached hydrogen (secondary N) is 1. The fraction of sp³-hybridized carbons (Fsp3) is 0.0800. The van der Waals surface area contributed by atoms with Crippen LogP contribution in [0.15, 0.2) is 71.5 Å². The van der Waals surface area contributed by atoms with E-state index >= 15 is 0 Å². The highest BCUT2D eigenvalue weighted by Crippen LogP contribution is 2.21. The quantitative estimate of drug-likeness (QED) is 0.379. The van der Waals surface area contributed by atoms with E-state index in [9.17, 15) is 18.4 Å². The molecule has 0 saturated heterocycles. The van der Waals surface area contributed by atoms with E-state index in [1.807, 2.05) is 0 Å². The van der Waals surface area contributed by atoms with Gasteiger partial charge in [-0.1, -0.05) is 29.8 Å². The average Bonchev–Trinajstić information content (AvgIpc) is 2.78. The molecular weight excluding hydrogens is 464 g/mol. The number of ether oxygens (including phenoxy) is 1. The molecule has 0 bridgehead atoms. The molecule has 1 amide bonds. The van der Waals surface area contributed by atoms with Crippen molar-refractivity contribution in [2.75, 3.05) is 5.32 Å². The predicted molar refractivity (Wildman–Crippen MR) is 129 cm³/mol. The number of anilines is 1. The molecule has 0 aliphatic carbocycles. The Morgan fingerprint density at radius 1 is 1.06 bits per heavy atom. The summed E-state index contributed by atoms with van der Waals surface area (Å²) in [5, 5.41) is 3.52. The smallest absolute Gasteiger partial charge is 0.387 e. The van der Waals surface area contributed by atoms with Gasteiger partial charge in [0.25, 0.3) is 5.56 Å². The Balaban J connectivity index is 1.79. The van der Waals surface area contributed by atoms with Crippen molar-refractivity contribution in [3.63, 3.8) is 0 Å². The highest BCUT2D eigenvalue weighted by atomic mass is 35.5. The minimum Gasteiger partial charge on any atom is -0.435 e. The molecule has 0 unspecified atom stereocenters. The van der Waals surface area contributed by atoms with Gasteiger partial charge in [0.05, 0.1) is 16.6 Å². The van der Waals surface area contributed by atoms with Gasteiger partial charge in [0.15, 0.2) is 0 Å². The molecule has 4 rings (SSSR count). The molecule has 0 aliphatic rings. The van der Waals surface area contributed by atoms with Crippen LogP contribution in [-0.2, 0) is 4.79 Å². The highest BCUT2D eigenvalue weighted by Gasteiger charge is 2.12. The van der Waals surface area contributed by atoms with Crippen LogP contribution in [0.2, 0.25) is 5.02 Å². The molecule has 0 saturated carbocycles. The van der Waals surface area contributed by atoms with Crippen molar-refractivity contribution in [2.45, 2.75) is 13.5 Å². The summed E-state index contributed by atoms with van der Waals surface area (Å²) in [4.78, 5) is 29.3. The molecule has 0 aliphatic heterocycles. The molecule has 0 atom stereocenters. The summed E-state index contributed by atoms with van der Waals surface area (Å²) < 4.78 is 30.5. The zero-order valence-corrected chi connectivity index (χ0v) is 18.6. The molecule has 0 radical (unpaired) electrons. The number of halogens is 3. The normalized spacial score (nSPS) is 11.3. The minimum absolute atomic E-state index is 0.0433. The summed E-state index contributed by atoms with van der Waals surface area (Å²) in [6.07, 6.45) is 3.35. The lowest BCUT2D eigenvalue weighted by Crippen LogP contribution is -2.22. The molecule has 4 aromatic rings. The third-order valence-corrected chi connectivity index (χ3v) is 5.07. The summed E-state index contributed by atoms with van der Waals surface area (Å²) in [5.74, 6) is 0.171. The summed E-state index contributed by atoms with van der Waals surface area (Å²) in [5.41, 5.74) is 1.96. The fourth-order valence-corrected chi connectivity index (χ4v) is 3.53. The first kappa shape index (κ1) is 23.1. The second-order valence-electron chi connectivity index (χ2n) is 7.28. The van der Waals surface area contributed by atoms with Gasteiger partial charge in [0.2, 0.25) is 5.91 Å². The van der Waals surface area contributed by atoms with Crippen LogP contribution in [0.5, 0.6) is 5.75 Å². The van der Waals surface area contributed by atoms with Crippen molar-refractivity contribution in [3.8, 4) is 11.4 Å². The van der Waals surface area contributed by atoms with Crippen LogP contribution in [0.25, 0.3) is 28.7 Å². The van der Waals surface area contributed by atoms with Crippen LogP contribution < -0.4 is 15.6 Å². The number of amides is 1. The molecule has 6 nitrogen and oxygen atoms in total. The molecule has 1 heterocycles. The monoisotopic (exact) mass is 481 g/mol. The average molecular weight is 482 g/mol. The molecule has 172 valence electrons. The maximum absolute atomic E-state index is 13.4. The van der Waals surface area contributed by atoms with E-state index in [1.165, 1.54) is 23.6 Å². The van der Waals surface area contributed by atoms with E-state index in [2.05, 4.69) is 15.0 Å². The van der Waals surface area contributed by atoms with Gasteiger partial charge in [-0.05, 0) is 66.2 Å². The van der Waals surface area contributed by atoms with Crippen LogP contribution in [0.1, 0.15) is 18.3 Å². The van der Waals surface area contributed by atoms with E-state index < -0.39 is 6.61 Å². The molecule has 0 spiro atoms. The van der Waals surface area contributed by atoms with Crippen molar-refractivity contribution in [2.24, 2.45) is 0 Å². The number of aromatic nitrogens is 2. The van der Waals surface area contributed by atoms with Gasteiger partial charge >= 0.3 is 6.61 Å². The first-order chi connectivity index (χ1) is 16.3. The topological polar surface area (TPSA) is 73.2 Å². The summed E-state index contributed by atoms with van der Waals surface area (Å²) in [6.45, 7) is -1.49. The van der Waals surface area contributed by atoms with Crippen LogP contribution in [-0.4, -0.2) is 22.1 Å². The SMILES string of the molecule is CC(=O)Nc1ccc(-n2c(/C=C/c3ccc(OC(F)F)cc3)nc3cc(Cl)ccc3c2=O)cc1. The van der Waals surface area contributed by atoms with E-state index in [1.54, 1.807) is 66.7 Å². The Kier molecular flexibility index (Phi) is 6.70. The molecule has 3 aromatic carbocycles. The standard InChI is InChI=1S/C25H18ClF2N3O3/c1-15(32)29-18-6-8-19(9-7-18)31-23(30-22-14-17(26)5-12-21(22)24(31)33)13-4-16-2-10-20(11-3-16)34-25(27)28/h2-14,25H,1H3,(H,29,32)/b13-4+. The van der Waals surface area contributed by atoms with Crippen molar-refractivity contribution in [3.05, 3.63) is 93.5 Å². The number of hydrogen-bond donors (Lipinski definition) is 1. The van der Waals surface area contributed by atoms with E-state index in [0.717, 1.165) is 0 Å². The van der Waals surface area contributed by atoms with E-state index in [0.29, 0.717) is 38.7 Å². The number of carbonyl (C=O) groups is 1. The summed E-state index contributed by atoms with van der Waals surface area (Å²) >= 11 is 6.10. The first-order valence-electron chi connectivity index (χ1n) is 10.1. The second kappa shape index (κ2) is 9.84. The third kappa shape index (κ3) is 5.29. The Labute approximate surface area is 198 Å². The van der Waals surface area contributed by atoms with Gasteiger partial charge in [0, 0.05) is 17.6 Å². The molecular formula is C25H18ClF2N3O3. The Morgan fingerprint density at radius 2 is 1.76 bits per heavy atom. The van der Waals surface area contributed by atoms with E-state index in [4.69, 9.17) is 11.6 Å². The Morgan fingerprint density at radius 3 is 2.41 bits per heavy atom. The first-order valence-corrected chi connectivity index (χ1v) is 10.5. The summed E-state index contributed by atoms with van der Waals surface area (Å²) in [7, 11) is 0. The summed E-state index contributed by atoms with van der Waals surface area (Å²) in [6, 6.07) is 17.7. The van der Waals surface area contributed by atoms with Crippen LogP contribution in [0, 0.1) is 0 Å². The van der Waals surface area contributed by atoms with Crippen molar-refractivity contribution in [1.82, 2.24) is 9.55 Å². The number of hydrogen-bond acceptors (Lipinski definition) is 4. The highest BCUT2D eigenvalue weighted by molar-refractivity contribution is 6.31. The molecule has 34 heavy (non-hydrogen) atoms. The Bertz CT molecular complexity index is 1430. The lowest BCUT2D eigenvalue weighted by molar-refractivity contribution is -0.114. The predicted octanol–water partition coefficient (Wildman–Crippen LogP) is 5.77. The van der Waals surface area contributed by atoms with Crippen LogP contribution >= 0.6 is 11.6 Å². The lowest BCUT2D eigenvalue weighted by Gasteiger charge is -2.12. The van der Waals surface area contributed by atoms with Crippen molar-refractivity contribution >= 4 is 46.3 Å². The number of carbonyl (C=O) groups excluding carboxylic acids is 1. The number of benzene rings is 3. The zero-order chi connectivity index (χ0) is 24.2. The van der Waals surface area contributed by atoms with Gasteiger partial charge in [-0.25, -0.2) is 4.98 Å². The Hall–Kier alpha value is -4.04. The van der Waals surface area contributed by atoms with Crippen molar-refractivity contribution < 1.29 is 18.3 Å². The van der Waals surface area contributed by atoms with Crippen LogP contribution in [0.4, 0.5) is 14.5 Å². The van der Waals surface area contributed by atoms with Gasteiger partial charge in [-0.2, -0.15) is 8.78 Å². The van der Waals surface area contributed by atoms with Gasteiger partial charge < -0.3 is 10.1 Å². The molecule has 1 N–H and O–H groups in total. The van der Waals surface area contributed by atoms with Gasteiger partial charge in [-0.15, -0.1) is 0 Å². The fourth-order valence-electron chi connectivity index (χ4n) is 3.37. The van der Waals surface area contributed by atoms with Crippen LogP contribution in [0.3, 0.4) is 0 Å².